The predicted molar refractivity (Wildman–Crippen MR) is 96.7 cm³/mol. The summed E-state index contributed by atoms with van der Waals surface area (Å²) in [4.78, 5) is 32.3. The van der Waals surface area contributed by atoms with Crippen LogP contribution in [-0.4, -0.2) is 67.1 Å². The molecular weight excluding hydrogens is 320 g/mol. The largest absolute Gasteiger partial charge is 0.462 e. The highest BCUT2D eigenvalue weighted by atomic mass is 16.5. The predicted octanol–water partition coefficient (Wildman–Crippen LogP) is 1.29. The number of carbonyl (C=O) groups excluding carboxylic acids is 2. The van der Waals surface area contributed by atoms with E-state index in [0.29, 0.717) is 18.7 Å². The maximum atomic E-state index is 12.0. The Morgan fingerprint density at radius 2 is 1.96 bits per heavy atom. The van der Waals surface area contributed by atoms with Crippen LogP contribution in [0, 0.1) is 0 Å². The average Bonchev–Trinajstić information content (AvgIpc) is 2.62. The molecule has 0 bridgehead atoms. The van der Waals surface area contributed by atoms with E-state index < -0.39 is 0 Å². The molecule has 1 aromatic rings. The van der Waals surface area contributed by atoms with Crippen molar-refractivity contribution in [3.63, 3.8) is 0 Å². The molecule has 0 spiro atoms. The van der Waals surface area contributed by atoms with E-state index in [2.05, 4.69) is 27.0 Å². The molecule has 0 unspecified atom stereocenters. The maximum Gasteiger partial charge on any atom is 0.339 e. The molecule has 7 heteroatoms. The molecule has 0 aromatic carbocycles. The summed E-state index contributed by atoms with van der Waals surface area (Å²) >= 11 is 0. The van der Waals surface area contributed by atoms with Crippen LogP contribution in [0.2, 0.25) is 0 Å². The molecule has 1 fully saturated rings. The molecular formula is C18H28N4O3. The first-order valence-electron chi connectivity index (χ1n) is 8.93. The molecule has 1 saturated heterocycles. The smallest absolute Gasteiger partial charge is 0.339 e. The zero-order chi connectivity index (χ0) is 18.2. The van der Waals surface area contributed by atoms with Crippen LogP contribution in [0.1, 0.15) is 37.6 Å². The van der Waals surface area contributed by atoms with Gasteiger partial charge in [-0.05, 0) is 32.4 Å². The Morgan fingerprint density at radius 3 is 2.52 bits per heavy atom. The van der Waals surface area contributed by atoms with E-state index in [9.17, 15) is 9.59 Å². The van der Waals surface area contributed by atoms with Crippen LogP contribution in [0.4, 0.5) is 5.82 Å². The van der Waals surface area contributed by atoms with Crippen molar-refractivity contribution in [1.82, 2.24) is 15.2 Å². The summed E-state index contributed by atoms with van der Waals surface area (Å²) in [6.45, 7) is 9.89. The molecule has 0 radical (unpaired) electrons. The van der Waals surface area contributed by atoms with Crippen molar-refractivity contribution < 1.29 is 14.3 Å². The number of pyridine rings is 1. The van der Waals surface area contributed by atoms with Gasteiger partial charge in [-0.3, -0.25) is 9.69 Å². The second-order valence-corrected chi connectivity index (χ2v) is 6.27. The number of ether oxygens (including phenoxy) is 1. The number of aromatic nitrogens is 1. The van der Waals surface area contributed by atoms with Gasteiger partial charge in [0.1, 0.15) is 5.82 Å². The number of hydrogen-bond donors (Lipinski definition) is 1. The molecule has 1 atom stereocenters. The normalized spacial score (nSPS) is 16.4. The summed E-state index contributed by atoms with van der Waals surface area (Å²) in [6, 6.07) is 3.81. The molecule has 2 heterocycles. The van der Waals surface area contributed by atoms with Crippen LogP contribution >= 0.6 is 0 Å². The van der Waals surface area contributed by atoms with Gasteiger partial charge in [0.15, 0.2) is 0 Å². The van der Waals surface area contributed by atoms with Crippen LogP contribution in [0.5, 0.6) is 0 Å². The van der Waals surface area contributed by atoms with Gasteiger partial charge in [0.05, 0.1) is 18.7 Å². The van der Waals surface area contributed by atoms with Gasteiger partial charge in [0.2, 0.25) is 5.91 Å². The number of anilines is 1. The van der Waals surface area contributed by atoms with Crippen LogP contribution in [0.3, 0.4) is 0 Å². The lowest BCUT2D eigenvalue weighted by Crippen LogP contribution is -2.50. The first-order valence-corrected chi connectivity index (χ1v) is 8.93. The number of rotatable bonds is 7. The highest BCUT2D eigenvalue weighted by Crippen LogP contribution is 2.14. The molecule has 2 rings (SSSR count). The van der Waals surface area contributed by atoms with Gasteiger partial charge < -0.3 is 15.0 Å². The Morgan fingerprint density at radius 1 is 1.24 bits per heavy atom. The molecule has 1 aliphatic rings. The molecule has 138 valence electrons. The SMILES string of the molecule is CCOC(=O)c1ccc(N2CCN(CC(=O)N[C@@H](C)CC)CC2)nc1. The lowest BCUT2D eigenvalue weighted by molar-refractivity contribution is -0.122. The number of piperazine rings is 1. The molecule has 0 aliphatic carbocycles. The minimum Gasteiger partial charge on any atom is -0.462 e. The third-order valence-corrected chi connectivity index (χ3v) is 4.34. The number of carbonyl (C=O) groups is 2. The Labute approximate surface area is 149 Å². The first kappa shape index (κ1) is 19.2. The number of hydrogen-bond acceptors (Lipinski definition) is 6. The molecule has 1 aliphatic heterocycles. The summed E-state index contributed by atoms with van der Waals surface area (Å²) in [6.07, 6.45) is 2.49. The van der Waals surface area contributed by atoms with E-state index >= 15 is 0 Å². The van der Waals surface area contributed by atoms with Gasteiger partial charge in [-0.25, -0.2) is 9.78 Å². The minimum absolute atomic E-state index is 0.0831. The van der Waals surface area contributed by atoms with Gasteiger partial charge >= 0.3 is 5.97 Å². The zero-order valence-corrected chi connectivity index (χ0v) is 15.3. The summed E-state index contributed by atoms with van der Waals surface area (Å²) < 4.78 is 4.96. The number of nitrogens with one attached hydrogen (secondary N) is 1. The van der Waals surface area contributed by atoms with E-state index in [4.69, 9.17) is 4.74 Å². The van der Waals surface area contributed by atoms with Gasteiger partial charge in [-0.15, -0.1) is 0 Å². The number of amides is 1. The van der Waals surface area contributed by atoms with E-state index in [1.54, 1.807) is 19.2 Å². The van der Waals surface area contributed by atoms with Crippen molar-refractivity contribution in [1.29, 1.82) is 0 Å². The fourth-order valence-corrected chi connectivity index (χ4v) is 2.67. The number of nitrogens with zero attached hydrogens (tertiary/aromatic N) is 3. The van der Waals surface area contributed by atoms with Gasteiger partial charge in [-0.1, -0.05) is 6.92 Å². The van der Waals surface area contributed by atoms with E-state index in [0.717, 1.165) is 38.4 Å². The Bertz CT molecular complexity index is 568. The van der Waals surface area contributed by atoms with Gasteiger partial charge in [0, 0.05) is 38.4 Å². The lowest BCUT2D eigenvalue weighted by Gasteiger charge is -2.35. The molecule has 1 aromatic heterocycles. The quantitative estimate of drug-likeness (QED) is 0.749. The third kappa shape index (κ3) is 5.70. The second-order valence-electron chi connectivity index (χ2n) is 6.27. The second kappa shape index (κ2) is 9.36. The van der Waals surface area contributed by atoms with Crippen LogP contribution in [0.25, 0.3) is 0 Å². The van der Waals surface area contributed by atoms with Crippen molar-refractivity contribution in [2.24, 2.45) is 0 Å². The molecule has 1 N–H and O–H groups in total. The molecule has 0 saturated carbocycles. The molecule has 25 heavy (non-hydrogen) atoms. The van der Waals surface area contributed by atoms with Crippen molar-refractivity contribution in [3.8, 4) is 0 Å². The van der Waals surface area contributed by atoms with E-state index in [1.165, 1.54) is 0 Å². The Hall–Kier alpha value is -2.15. The topological polar surface area (TPSA) is 74.8 Å². The fraction of sp³-hybridized carbons (Fsp3) is 0.611. The first-order chi connectivity index (χ1) is 12.0. The van der Waals surface area contributed by atoms with Crippen molar-refractivity contribution in [2.75, 3.05) is 44.2 Å². The summed E-state index contributed by atoms with van der Waals surface area (Å²) in [5, 5.41) is 3.00. The summed E-state index contributed by atoms with van der Waals surface area (Å²) in [5.41, 5.74) is 0.464. The molecule has 7 nitrogen and oxygen atoms in total. The fourth-order valence-electron chi connectivity index (χ4n) is 2.67. The summed E-state index contributed by atoms with van der Waals surface area (Å²) in [7, 11) is 0. The highest BCUT2D eigenvalue weighted by molar-refractivity contribution is 5.89. The van der Waals surface area contributed by atoms with Crippen molar-refractivity contribution in [3.05, 3.63) is 23.9 Å². The van der Waals surface area contributed by atoms with Crippen LogP contribution in [-0.2, 0) is 9.53 Å². The van der Waals surface area contributed by atoms with Crippen LogP contribution in [0.15, 0.2) is 18.3 Å². The lowest BCUT2D eigenvalue weighted by atomic mass is 10.2. The third-order valence-electron chi connectivity index (χ3n) is 4.34. The Balaban J connectivity index is 1.81. The van der Waals surface area contributed by atoms with Crippen molar-refractivity contribution in [2.45, 2.75) is 33.2 Å². The Kier molecular flexibility index (Phi) is 7.18. The van der Waals surface area contributed by atoms with Gasteiger partial charge in [0.25, 0.3) is 0 Å². The number of esters is 1. The zero-order valence-electron chi connectivity index (χ0n) is 15.3. The minimum atomic E-state index is -0.348. The monoisotopic (exact) mass is 348 g/mol. The van der Waals surface area contributed by atoms with Crippen molar-refractivity contribution >= 4 is 17.7 Å². The standard InChI is InChI=1S/C18H28N4O3/c1-4-14(3)20-17(23)13-21-8-10-22(11-9-21)16-7-6-15(12-19-16)18(24)25-5-2/h6-7,12,14H,4-5,8-11,13H2,1-3H3,(H,20,23)/t14-/m0/s1. The van der Waals surface area contributed by atoms with Crippen LogP contribution < -0.4 is 10.2 Å². The molecule has 1 amide bonds. The van der Waals surface area contributed by atoms with Gasteiger partial charge in [-0.2, -0.15) is 0 Å². The summed E-state index contributed by atoms with van der Waals surface area (Å²) in [5.74, 6) is 0.579. The highest BCUT2D eigenvalue weighted by Gasteiger charge is 2.20. The van der Waals surface area contributed by atoms with E-state index in [-0.39, 0.29) is 17.9 Å². The van der Waals surface area contributed by atoms with E-state index in [1.807, 2.05) is 13.0 Å². The maximum absolute atomic E-state index is 12.0. The average molecular weight is 348 g/mol.